The third kappa shape index (κ3) is 8.41. The van der Waals surface area contributed by atoms with Crippen molar-refractivity contribution in [2.45, 2.75) is 51.1 Å². The van der Waals surface area contributed by atoms with Crippen LogP contribution >= 0.6 is 11.8 Å². The highest BCUT2D eigenvalue weighted by Gasteiger charge is 2.31. The van der Waals surface area contributed by atoms with E-state index in [1.54, 1.807) is 30.3 Å². The fraction of sp³-hybridized carbons (Fsp3) is 0.310. The maximum absolute atomic E-state index is 14.6. The molecule has 7 nitrogen and oxygen atoms in total. The topological polar surface area (TPSA) is 92.6 Å². The predicted octanol–water partition coefficient (Wildman–Crippen LogP) is 5.52. The lowest BCUT2D eigenvalue weighted by Gasteiger charge is -2.32. The molecule has 3 rings (SSSR count). The fourth-order valence-corrected chi connectivity index (χ4v) is 4.73. The summed E-state index contributed by atoms with van der Waals surface area (Å²) >= 11 is 1.34. The second kappa shape index (κ2) is 14.3. The highest BCUT2D eigenvalue weighted by molar-refractivity contribution is 7.99. The number of nitrogens with zero attached hydrogens (tertiary/aromatic N) is 2. The number of benzene rings is 3. The molecular formula is C29H32FN3O4S. The van der Waals surface area contributed by atoms with Crippen LogP contribution < -0.4 is 5.32 Å². The second-order valence-corrected chi connectivity index (χ2v) is 10.0. The van der Waals surface area contributed by atoms with E-state index in [-0.39, 0.29) is 42.3 Å². The number of nitro benzene ring substituents is 1. The summed E-state index contributed by atoms with van der Waals surface area (Å²) in [5, 5.41) is 13.9. The van der Waals surface area contributed by atoms with Crippen LogP contribution in [0.3, 0.4) is 0 Å². The molecule has 2 unspecified atom stereocenters. The Labute approximate surface area is 226 Å². The van der Waals surface area contributed by atoms with Gasteiger partial charge in [-0.3, -0.25) is 19.7 Å². The Morgan fingerprint density at radius 1 is 1.00 bits per heavy atom. The number of nitrogens with one attached hydrogen (secondary N) is 1. The number of carbonyl (C=O) groups is 2. The van der Waals surface area contributed by atoms with Crippen LogP contribution in [0.2, 0.25) is 0 Å². The van der Waals surface area contributed by atoms with Gasteiger partial charge in [0.05, 0.1) is 10.7 Å². The average Bonchev–Trinajstić information content (AvgIpc) is 2.92. The van der Waals surface area contributed by atoms with Crippen molar-refractivity contribution in [2.24, 2.45) is 0 Å². The highest BCUT2D eigenvalue weighted by atomic mass is 32.2. The minimum Gasteiger partial charge on any atom is -0.352 e. The molecule has 38 heavy (non-hydrogen) atoms. The number of halogens is 1. The SMILES string of the molecule is CCC(C)NC(=O)C(Cc1ccccc1)N(Cc1ccccc1F)C(=O)CSCc1ccc([N+](=O)[O-])cc1. The van der Waals surface area contributed by atoms with Gasteiger partial charge in [0.15, 0.2) is 0 Å². The molecule has 0 aliphatic heterocycles. The molecule has 0 aromatic heterocycles. The summed E-state index contributed by atoms with van der Waals surface area (Å²) < 4.78 is 14.6. The molecule has 0 aliphatic rings. The van der Waals surface area contributed by atoms with E-state index in [1.807, 2.05) is 44.2 Å². The lowest BCUT2D eigenvalue weighted by molar-refractivity contribution is -0.384. The van der Waals surface area contributed by atoms with Crippen LogP contribution in [0.4, 0.5) is 10.1 Å². The van der Waals surface area contributed by atoms with Gasteiger partial charge in [0, 0.05) is 42.5 Å². The van der Waals surface area contributed by atoms with Crippen molar-refractivity contribution < 1.29 is 18.9 Å². The van der Waals surface area contributed by atoms with Crippen LogP contribution in [0.25, 0.3) is 0 Å². The van der Waals surface area contributed by atoms with E-state index in [2.05, 4.69) is 5.32 Å². The number of hydrogen-bond donors (Lipinski definition) is 1. The van der Waals surface area contributed by atoms with Gasteiger partial charge in [-0.25, -0.2) is 4.39 Å². The summed E-state index contributed by atoms with van der Waals surface area (Å²) in [4.78, 5) is 39.0. The van der Waals surface area contributed by atoms with E-state index in [0.29, 0.717) is 11.3 Å². The van der Waals surface area contributed by atoms with Gasteiger partial charge < -0.3 is 10.2 Å². The largest absolute Gasteiger partial charge is 0.352 e. The molecule has 2 amide bonds. The number of non-ortho nitro benzene ring substituents is 1. The number of rotatable bonds is 13. The molecule has 0 aliphatic carbocycles. The first kappa shape index (κ1) is 28.8. The summed E-state index contributed by atoms with van der Waals surface area (Å²) in [5.74, 6) is -0.495. The van der Waals surface area contributed by atoms with Gasteiger partial charge in [0.2, 0.25) is 11.8 Å². The Balaban J connectivity index is 1.84. The number of thioether (sulfide) groups is 1. The van der Waals surface area contributed by atoms with Crippen LogP contribution in [-0.4, -0.2) is 39.5 Å². The van der Waals surface area contributed by atoms with Crippen molar-refractivity contribution in [3.05, 3.63) is 111 Å². The van der Waals surface area contributed by atoms with Crippen LogP contribution in [0, 0.1) is 15.9 Å². The Morgan fingerprint density at radius 2 is 1.66 bits per heavy atom. The number of hydrogen-bond acceptors (Lipinski definition) is 5. The minimum absolute atomic E-state index is 0.00182. The normalized spacial score (nSPS) is 12.4. The first-order chi connectivity index (χ1) is 18.3. The molecule has 2 atom stereocenters. The number of carbonyl (C=O) groups excluding carboxylic acids is 2. The van der Waals surface area contributed by atoms with Crippen molar-refractivity contribution in [3.63, 3.8) is 0 Å². The third-order valence-corrected chi connectivity index (χ3v) is 7.20. The van der Waals surface area contributed by atoms with Crippen molar-refractivity contribution in [1.82, 2.24) is 10.2 Å². The zero-order valence-electron chi connectivity index (χ0n) is 21.5. The predicted molar refractivity (Wildman–Crippen MR) is 148 cm³/mol. The molecule has 0 saturated heterocycles. The molecule has 0 radical (unpaired) electrons. The van der Waals surface area contributed by atoms with E-state index < -0.39 is 16.8 Å². The maximum atomic E-state index is 14.6. The van der Waals surface area contributed by atoms with Gasteiger partial charge >= 0.3 is 0 Å². The molecule has 200 valence electrons. The zero-order valence-corrected chi connectivity index (χ0v) is 22.3. The van der Waals surface area contributed by atoms with Gasteiger partial charge in [-0.2, -0.15) is 0 Å². The van der Waals surface area contributed by atoms with Crippen molar-refractivity contribution in [3.8, 4) is 0 Å². The smallest absolute Gasteiger partial charge is 0.269 e. The fourth-order valence-electron chi connectivity index (χ4n) is 3.86. The maximum Gasteiger partial charge on any atom is 0.269 e. The molecular weight excluding hydrogens is 505 g/mol. The van der Waals surface area contributed by atoms with Crippen molar-refractivity contribution in [2.75, 3.05) is 5.75 Å². The molecule has 0 spiro atoms. The molecule has 1 N–H and O–H groups in total. The molecule has 3 aromatic carbocycles. The Kier molecular flexibility index (Phi) is 10.8. The Morgan fingerprint density at radius 3 is 2.29 bits per heavy atom. The molecule has 0 heterocycles. The lowest BCUT2D eigenvalue weighted by Crippen LogP contribution is -2.52. The van der Waals surface area contributed by atoms with Gasteiger partial charge in [-0.1, -0.05) is 67.6 Å². The van der Waals surface area contributed by atoms with E-state index in [9.17, 15) is 24.1 Å². The standard InChI is InChI=1S/C29H32FN3O4S/c1-3-21(2)31-29(35)27(17-22-9-5-4-6-10-22)32(18-24-11-7-8-12-26(24)30)28(34)20-38-19-23-13-15-25(16-14-23)33(36)37/h4-16,21,27H,3,17-20H2,1-2H3,(H,31,35). The number of nitro groups is 1. The van der Waals surface area contributed by atoms with E-state index in [0.717, 1.165) is 17.5 Å². The van der Waals surface area contributed by atoms with Crippen molar-refractivity contribution in [1.29, 1.82) is 0 Å². The monoisotopic (exact) mass is 537 g/mol. The lowest BCUT2D eigenvalue weighted by atomic mass is 10.0. The summed E-state index contributed by atoms with van der Waals surface area (Å²) in [6.07, 6.45) is 1.02. The minimum atomic E-state index is -0.835. The van der Waals surface area contributed by atoms with Gasteiger partial charge in [0.25, 0.3) is 5.69 Å². The van der Waals surface area contributed by atoms with Crippen molar-refractivity contribution >= 4 is 29.3 Å². The first-order valence-electron chi connectivity index (χ1n) is 12.5. The Bertz CT molecular complexity index is 1220. The first-order valence-corrected chi connectivity index (χ1v) is 13.6. The van der Waals surface area contributed by atoms with Gasteiger partial charge in [0.1, 0.15) is 11.9 Å². The zero-order chi connectivity index (χ0) is 27.5. The molecule has 3 aromatic rings. The van der Waals surface area contributed by atoms with Gasteiger partial charge in [-0.15, -0.1) is 11.8 Å². The molecule has 0 bridgehead atoms. The molecule has 0 saturated carbocycles. The quantitative estimate of drug-likeness (QED) is 0.229. The van der Waals surface area contributed by atoms with Gasteiger partial charge in [-0.05, 0) is 30.5 Å². The summed E-state index contributed by atoms with van der Waals surface area (Å²) in [5.41, 5.74) is 2.06. The van der Waals surface area contributed by atoms with Crippen LogP contribution in [0.15, 0.2) is 78.9 Å². The molecule has 9 heteroatoms. The average molecular weight is 538 g/mol. The summed E-state index contributed by atoms with van der Waals surface area (Å²) in [6.45, 7) is 3.82. The van der Waals surface area contributed by atoms with Crippen LogP contribution in [-0.2, 0) is 28.3 Å². The van der Waals surface area contributed by atoms with Crippen LogP contribution in [0.1, 0.15) is 37.0 Å². The second-order valence-electron chi connectivity index (χ2n) is 9.05. The van der Waals surface area contributed by atoms with E-state index in [1.165, 1.54) is 34.9 Å². The van der Waals surface area contributed by atoms with Crippen LogP contribution in [0.5, 0.6) is 0 Å². The van der Waals surface area contributed by atoms with E-state index >= 15 is 0 Å². The highest BCUT2D eigenvalue weighted by Crippen LogP contribution is 2.21. The summed E-state index contributed by atoms with van der Waals surface area (Å²) in [6, 6.07) is 20.9. The van der Waals surface area contributed by atoms with E-state index in [4.69, 9.17) is 0 Å². The molecule has 0 fully saturated rings. The third-order valence-electron chi connectivity index (χ3n) is 6.21. The Hall–Kier alpha value is -3.72. The number of amides is 2. The summed E-state index contributed by atoms with van der Waals surface area (Å²) in [7, 11) is 0.